The van der Waals surface area contributed by atoms with Crippen LogP contribution in [-0.4, -0.2) is 0 Å². The molecule has 0 saturated heterocycles. The summed E-state index contributed by atoms with van der Waals surface area (Å²) in [6, 6.07) is 28.9. The fraction of sp³-hybridized carbons (Fsp3) is 0.120. The van der Waals surface area contributed by atoms with Crippen molar-refractivity contribution >= 4 is 27.1 Å². The molecule has 0 heteroatoms. The van der Waals surface area contributed by atoms with E-state index in [-0.39, 0.29) is 0 Å². The minimum atomic E-state index is 0.362. The maximum Gasteiger partial charge on any atom is 0.0314 e. The molecule has 1 unspecified atom stereocenters. The van der Waals surface area contributed by atoms with E-state index in [4.69, 9.17) is 0 Å². The highest BCUT2D eigenvalue weighted by molar-refractivity contribution is 6.00. The number of benzene rings is 4. The van der Waals surface area contributed by atoms with E-state index in [9.17, 15) is 0 Å². The van der Waals surface area contributed by atoms with Crippen molar-refractivity contribution in [3.63, 3.8) is 0 Å². The van der Waals surface area contributed by atoms with Crippen molar-refractivity contribution in [1.82, 2.24) is 0 Å². The number of hydrogen-bond acceptors (Lipinski definition) is 0. The van der Waals surface area contributed by atoms with E-state index in [0.29, 0.717) is 5.92 Å². The molecule has 1 aliphatic carbocycles. The van der Waals surface area contributed by atoms with Crippen LogP contribution in [0.15, 0.2) is 84.4 Å². The molecule has 25 heavy (non-hydrogen) atoms. The van der Waals surface area contributed by atoms with Gasteiger partial charge in [0.1, 0.15) is 0 Å². The van der Waals surface area contributed by atoms with Gasteiger partial charge in [-0.1, -0.05) is 72.3 Å². The van der Waals surface area contributed by atoms with Crippen molar-refractivity contribution in [2.45, 2.75) is 19.8 Å². The van der Waals surface area contributed by atoms with E-state index in [1.165, 1.54) is 49.4 Å². The van der Waals surface area contributed by atoms with Gasteiger partial charge in [0.2, 0.25) is 0 Å². The molecule has 4 aromatic carbocycles. The fourth-order valence-electron chi connectivity index (χ4n) is 4.40. The lowest BCUT2D eigenvalue weighted by molar-refractivity contribution is 0.987. The van der Waals surface area contributed by atoms with Crippen molar-refractivity contribution in [3.05, 3.63) is 101 Å². The fourth-order valence-corrected chi connectivity index (χ4v) is 4.40. The lowest BCUT2D eigenvalue weighted by atomic mass is 9.85. The van der Waals surface area contributed by atoms with Crippen molar-refractivity contribution in [2.75, 3.05) is 0 Å². The van der Waals surface area contributed by atoms with Gasteiger partial charge >= 0.3 is 0 Å². The zero-order valence-corrected chi connectivity index (χ0v) is 14.6. The molecule has 0 fully saturated rings. The molecular weight excluding hydrogens is 300 g/mol. The molecule has 0 aliphatic heterocycles. The molecule has 0 aromatic heterocycles. The predicted molar refractivity (Wildman–Crippen MR) is 108 cm³/mol. The van der Waals surface area contributed by atoms with Crippen LogP contribution in [0.2, 0.25) is 0 Å². The van der Waals surface area contributed by atoms with Crippen LogP contribution in [0.4, 0.5) is 0 Å². The van der Waals surface area contributed by atoms with Crippen LogP contribution in [0.5, 0.6) is 0 Å². The minimum absolute atomic E-state index is 0.362. The highest BCUT2D eigenvalue weighted by Gasteiger charge is 2.28. The summed E-state index contributed by atoms with van der Waals surface area (Å²) in [7, 11) is 0. The minimum Gasteiger partial charge on any atom is -0.0619 e. The Balaban J connectivity index is 1.83. The Morgan fingerprint density at radius 3 is 2.08 bits per heavy atom. The van der Waals surface area contributed by atoms with Crippen LogP contribution in [0.3, 0.4) is 0 Å². The van der Waals surface area contributed by atoms with Gasteiger partial charge in [-0.3, -0.25) is 0 Å². The highest BCUT2D eigenvalue weighted by atomic mass is 14.3. The summed E-state index contributed by atoms with van der Waals surface area (Å²) in [6.07, 6.45) is 0. The molecule has 0 spiro atoms. The number of fused-ring (bicyclic) bond motifs is 3. The summed E-state index contributed by atoms with van der Waals surface area (Å²) >= 11 is 0. The first kappa shape index (κ1) is 14.5. The number of rotatable bonds is 1. The summed E-state index contributed by atoms with van der Waals surface area (Å²) in [5, 5.41) is 5.32. The highest BCUT2D eigenvalue weighted by Crippen LogP contribution is 2.46. The van der Waals surface area contributed by atoms with Crippen LogP contribution in [0, 0.1) is 0 Å². The number of hydrogen-bond donors (Lipinski definition) is 0. The van der Waals surface area contributed by atoms with Gasteiger partial charge in [0, 0.05) is 5.92 Å². The van der Waals surface area contributed by atoms with E-state index >= 15 is 0 Å². The van der Waals surface area contributed by atoms with Crippen LogP contribution >= 0.6 is 0 Å². The Kier molecular flexibility index (Phi) is 3.08. The molecular formula is C25H20. The van der Waals surface area contributed by atoms with Gasteiger partial charge in [0.15, 0.2) is 0 Å². The second-order valence-corrected chi connectivity index (χ2v) is 7.10. The average Bonchev–Trinajstić information content (AvgIpc) is 2.91. The lowest BCUT2D eigenvalue weighted by Crippen LogP contribution is -2.00. The number of allylic oxidation sites excluding steroid dienone is 2. The van der Waals surface area contributed by atoms with Gasteiger partial charge in [0.25, 0.3) is 0 Å². The van der Waals surface area contributed by atoms with Gasteiger partial charge in [-0.05, 0) is 69.8 Å². The molecule has 1 aliphatic rings. The van der Waals surface area contributed by atoms with Crippen LogP contribution in [0.1, 0.15) is 36.5 Å². The van der Waals surface area contributed by atoms with Crippen molar-refractivity contribution in [3.8, 4) is 0 Å². The second kappa shape index (κ2) is 5.32. The molecule has 1 atom stereocenters. The average molecular weight is 320 g/mol. The maximum absolute atomic E-state index is 2.36. The summed E-state index contributed by atoms with van der Waals surface area (Å²) in [4.78, 5) is 0. The quantitative estimate of drug-likeness (QED) is 0.333. The first-order valence-electron chi connectivity index (χ1n) is 8.92. The predicted octanol–water partition coefficient (Wildman–Crippen LogP) is 6.93. The van der Waals surface area contributed by atoms with Crippen molar-refractivity contribution in [1.29, 1.82) is 0 Å². The lowest BCUT2D eigenvalue weighted by Gasteiger charge is -2.18. The summed E-state index contributed by atoms with van der Waals surface area (Å²) in [6.45, 7) is 4.55. The molecule has 120 valence electrons. The largest absolute Gasteiger partial charge is 0.0619 e. The molecule has 0 bridgehead atoms. The van der Waals surface area contributed by atoms with E-state index in [0.717, 1.165) is 0 Å². The third kappa shape index (κ3) is 2.07. The van der Waals surface area contributed by atoms with E-state index in [1.807, 2.05) is 0 Å². The summed E-state index contributed by atoms with van der Waals surface area (Å²) in [5.74, 6) is 0.362. The first-order chi connectivity index (χ1) is 12.2. The van der Waals surface area contributed by atoms with Crippen molar-refractivity contribution in [2.24, 2.45) is 0 Å². The van der Waals surface area contributed by atoms with Gasteiger partial charge < -0.3 is 0 Å². The van der Waals surface area contributed by atoms with E-state index in [1.54, 1.807) is 0 Å². The normalized spacial score (nSPS) is 16.6. The van der Waals surface area contributed by atoms with Gasteiger partial charge in [-0.15, -0.1) is 0 Å². The van der Waals surface area contributed by atoms with Gasteiger partial charge in [0.05, 0.1) is 0 Å². The topological polar surface area (TPSA) is 0 Å². The first-order valence-corrected chi connectivity index (χ1v) is 8.92. The van der Waals surface area contributed by atoms with E-state index in [2.05, 4.69) is 92.7 Å². The van der Waals surface area contributed by atoms with Gasteiger partial charge in [-0.25, -0.2) is 0 Å². The Hall–Kier alpha value is -2.86. The molecule has 0 radical (unpaired) electrons. The second-order valence-electron chi connectivity index (χ2n) is 7.10. The standard InChI is InChI=1S/C25H20/c1-16-17(2)25(22-12-6-5-11-21(16)22)23-13-7-10-20-14-18-8-3-4-9-19(18)15-24(20)23/h3-15,25H,1-2H3. The van der Waals surface area contributed by atoms with Crippen LogP contribution in [0.25, 0.3) is 27.1 Å². The van der Waals surface area contributed by atoms with Gasteiger partial charge in [-0.2, -0.15) is 0 Å². The Labute approximate surface area is 148 Å². The monoisotopic (exact) mass is 320 g/mol. The van der Waals surface area contributed by atoms with E-state index < -0.39 is 0 Å². The smallest absolute Gasteiger partial charge is 0.0314 e. The van der Waals surface area contributed by atoms with Crippen molar-refractivity contribution < 1.29 is 0 Å². The van der Waals surface area contributed by atoms with Crippen LogP contribution < -0.4 is 0 Å². The Bertz CT molecular complexity index is 1160. The molecule has 0 amide bonds. The third-order valence-electron chi connectivity index (χ3n) is 5.79. The molecule has 0 N–H and O–H groups in total. The summed E-state index contributed by atoms with van der Waals surface area (Å²) in [5.41, 5.74) is 7.17. The Morgan fingerprint density at radius 2 is 1.24 bits per heavy atom. The molecule has 0 nitrogen and oxygen atoms in total. The third-order valence-corrected chi connectivity index (χ3v) is 5.79. The molecule has 0 saturated carbocycles. The zero-order valence-electron chi connectivity index (χ0n) is 14.6. The Morgan fingerprint density at radius 1 is 0.600 bits per heavy atom. The molecule has 0 heterocycles. The molecule has 4 aromatic rings. The summed E-state index contributed by atoms with van der Waals surface area (Å²) < 4.78 is 0. The SMILES string of the molecule is CC1=C(C)C(c2cccc3cc4ccccc4cc23)c2ccccc21. The zero-order chi connectivity index (χ0) is 17.0. The molecule has 5 rings (SSSR count). The van der Waals surface area contributed by atoms with Crippen LogP contribution in [-0.2, 0) is 0 Å². The maximum atomic E-state index is 2.36.